The van der Waals surface area contributed by atoms with Crippen LogP contribution in [-0.4, -0.2) is 22.1 Å². The molecule has 2 rings (SSSR count). The van der Waals surface area contributed by atoms with Crippen LogP contribution in [0.5, 0.6) is 0 Å². The van der Waals surface area contributed by atoms with Gasteiger partial charge in [0.25, 0.3) is 0 Å². The van der Waals surface area contributed by atoms with Crippen LogP contribution in [0.15, 0.2) is 34.1 Å². The number of hydrogen-bond donors (Lipinski definition) is 1. The molecule has 0 aliphatic rings. The quantitative estimate of drug-likeness (QED) is 0.647. The van der Waals surface area contributed by atoms with E-state index in [0.717, 1.165) is 10.9 Å². The zero-order chi connectivity index (χ0) is 13.7. The topological polar surface area (TPSA) is 69.3 Å². The molecule has 6 nitrogen and oxygen atoms in total. The minimum atomic E-state index is -0.380. The Hall–Kier alpha value is -1.73. The van der Waals surface area contributed by atoms with Crippen molar-refractivity contribution in [3.8, 4) is 0 Å². The van der Waals surface area contributed by atoms with Gasteiger partial charge in [0.2, 0.25) is 0 Å². The highest BCUT2D eigenvalue weighted by atomic mass is 32.2. The van der Waals surface area contributed by atoms with Crippen molar-refractivity contribution in [1.82, 2.24) is 15.0 Å². The first-order valence-electron chi connectivity index (χ1n) is 5.81. The molecule has 0 aromatic carbocycles. The van der Waals surface area contributed by atoms with Crippen LogP contribution in [0.1, 0.15) is 23.2 Å². The smallest absolute Gasteiger partial charge is 0.310 e. The molecule has 0 radical (unpaired) electrons. The number of nitrogens with zero attached hydrogens (tertiary/aromatic N) is 2. The van der Waals surface area contributed by atoms with Crippen molar-refractivity contribution in [3.05, 3.63) is 36.0 Å². The number of hydroxylamine groups is 1. The molecule has 0 spiro atoms. The molecule has 2 aromatic heterocycles. The number of nitrogens with one attached hydrogen (secondary N) is 1. The molecule has 0 saturated carbocycles. The van der Waals surface area contributed by atoms with Gasteiger partial charge in [-0.1, -0.05) is 11.8 Å². The number of carbonyl (C=O) groups excluding carboxylic acids is 1. The Balaban J connectivity index is 1.90. The summed E-state index contributed by atoms with van der Waals surface area (Å²) in [5.74, 6) is 1.20. The van der Waals surface area contributed by atoms with Crippen LogP contribution in [-0.2, 0) is 17.6 Å². The Morgan fingerprint density at radius 3 is 3.11 bits per heavy atom. The predicted octanol–water partition coefficient (Wildman–Crippen LogP) is 1.99. The maximum Gasteiger partial charge on any atom is 0.310 e. The second kappa shape index (κ2) is 6.44. The maximum absolute atomic E-state index is 11.6. The van der Waals surface area contributed by atoms with E-state index in [1.807, 2.05) is 17.8 Å². The standard InChI is InChI=1S/C12H15N3O3S/c1-3-17-14-11(16)10-5-4-9(18-10)8-19-12-13-6-7-15(12)2/h4-7H,3,8H2,1-2H3,(H,14,16). The summed E-state index contributed by atoms with van der Waals surface area (Å²) in [6.07, 6.45) is 3.62. The lowest BCUT2D eigenvalue weighted by Crippen LogP contribution is -2.22. The number of aryl methyl sites for hydroxylation is 1. The van der Waals surface area contributed by atoms with Gasteiger partial charge in [0, 0.05) is 19.4 Å². The van der Waals surface area contributed by atoms with Crippen LogP contribution in [0.4, 0.5) is 0 Å². The fourth-order valence-corrected chi connectivity index (χ4v) is 2.22. The number of hydrogen-bond acceptors (Lipinski definition) is 5. The molecule has 0 unspecified atom stereocenters. The van der Waals surface area contributed by atoms with Gasteiger partial charge in [-0.25, -0.2) is 10.5 Å². The molecular weight excluding hydrogens is 266 g/mol. The first-order chi connectivity index (χ1) is 9.20. The largest absolute Gasteiger partial charge is 0.455 e. The summed E-state index contributed by atoms with van der Waals surface area (Å²) in [6.45, 7) is 2.20. The van der Waals surface area contributed by atoms with Crippen molar-refractivity contribution >= 4 is 17.7 Å². The van der Waals surface area contributed by atoms with Gasteiger partial charge < -0.3 is 8.98 Å². The summed E-state index contributed by atoms with van der Waals surface area (Å²) in [5.41, 5.74) is 2.28. The molecule has 2 aromatic rings. The van der Waals surface area contributed by atoms with Crippen molar-refractivity contribution in [3.63, 3.8) is 0 Å². The van der Waals surface area contributed by atoms with Gasteiger partial charge in [-0.05, 0) is 19.1 Å². The number of thioether (sulfide) groups is 1. The number of carbonyl (C=O) groups is 1. The van der Waals surface area contributed by atoms with E-state index in [2.05, 4.69) is 10.5 Å². The minimum absolute atomic E-state index is 0.240. The van der Waals surface area contributed by atoms with Crippen LogP contribution >= 0.6 is 11.8 Å². The zero-order valence-electron chi connectivity index (χ0n) is 10.8. The molecular formula is C12H15N3O3S. The number of furan rings is 1. The minimum Gasteiger partial charge on any atom is -0.455 e. The second-order valence-corrected chi connectivity index (χ2v) is 4.68. The van der Waals surface area contributed by atoms with Crippen molar-refractivity contribution in [1.29, 1.82) is 0 Å². The van der Waals surface area contributed by atoms with Crippen LogP contribution in [0, 0.1) is 0 Å². The fraction of sp³-hybridized carbons (Fsp3) is 0.333. The van der Waals surface area contributed by atoms with Gasteiger partial charge in [-0.2, -0.15) is 0 Å². The van der Waals surface area contributed by atoms with E-state index in [4.69, 9.17) is 9.25 Å². The average Bonchev–Trinajstić information content (AvgIpc) is 3.02. The van der Waals surface area contributed by atoms with Crippen LogP contribution in [0.25, 0.3) is 0 Å². The molecule has 1 N–H and O–H groups in total. The molecule has 1 amide bonds. The van der Waals surface area contributed by atoms with E-state index in [-0.39, 0.29) is 11.7 Å². The lowest BCUT2D eigenvalue weighted by molar-refractivity contribution is 0.0339. The fourth-order valence-electron chi connectivity index (χ4n) is 1.39. The average molecular weight is 281 g/mol. The Kier molecular flexibility index (Phi) is 4.64. The third kappa shape index (κ3) is 3.62. The Labute approximate surface area is 115 Å². The van der Waals surface area contributed by atoms with Crippen LogP contribution < -0.4 is 5.48 Å². The SMILES string of the molecule is CCONC(=O)c1ccc(CSc2nccn2C)o1. The van der Waals surface area contributed by atoms with Crippen LogP contribution in [0.3, 0.4) is 0 Å². The lowest BCUT2D eigenvalue weighted by atomic mass is 10.4. The summed E-state index contributed by atoms with van der Waals surface area (Å²) in [5, 5.41) is 0.900. The monoisotopic (exact) mass is 281 g/mol. The van der Waals surface area contributed by atoms with Gasteiger partial charge in [0.15, 0.2) is 10.9 Å². The van der Waals surface area contributed by atoms with E-state index in [1.165, 1.54) is 0 Å². The normalized spacial score (nSPS) is 10.6. The highest BCUT2D eigenvalue weighted by Crippen LogP contribution is 2.21. The summed E-state index contributed by atoms with van der Waals surface area (Å²) < 4.78 is 7.36. The van der Waals surface area contributed by atoms with E-state index in [0.29, 0.717) is 12.4 Å². The summed E-state index contributed by atoms with van der Waals surface area (Å²) >= 11 is 1.54. The molecule has 0 aliphatic carbocycles. The Morgan fingerprint density at radius 1 is 1.58 bits per heavy atom. The van der Waals surface area contributed by atoms with E-state index in [1.54, 1.807) is 37.0 Å². The van der Waals surface area contributed by atoms with E-state index >= 15 is 0 Å². The third-order valence-corrected chi connectivity index (χ3v) is 3.40. The maximum atomic E-state index is 11.6. The summed E-state index contributed by atoms with van der Waals surface area (Å²) in [7, 11) is 1.93. The van der Waals surface area contributed by atoms with Crippen molar-refractivity contribution < 1.29 is 14.0 Å². The highest BCUT2D eigenvalue weighted by molar-refractivity contribution is 7.98. The lowest BCUT2D eigenvalue weighted by Gasteiger charge is -2.01. The number of aromatic nitrogens is 2. The molecule has 7 heteroatoms. The Bertz CT molecular complexity index is 550. The highest BCUT2D eigenvalue weighted by Gasteiger charge is 2.11. The van der Waals surface area contributed by atoms with Gasteiger partial charge >= 0.3 is 5.91 Å². The number of rotatable bonds is 6. The zero-order valence-corrected chi connectivity index (χ0v) is 11.6. The first kappa shape index (κ1) is 13.7. The molecule has 0 saturated heterocycles. The van der Waals surface area contributed by atoms with Gasteiger partial charge in [-0.3, -0.25) is 9.63 Å². The molecule has 19 heavy (non-hydrogen) atoms. The summed E-state index contributed by atoms with van der Waals surface area (Å²) in [4.78, 5) is 20.6. The molecule has 0 atom stereocenters. The number of amides is 1. The predicted molar refractivity (Wildman–Crippen MR) is 70.6 cm³/mol. The van der Waals surface area contributed by atoms with E-state index in [9.17, 15) is 4.79 Å². The number of imidazole rings is 1. The van der Waals surface area contributed by atoms with Gasteiger partial charge in [0.1, 0.15) is 5.76 Å². The molecule has 0 fully saturated rings. The third-order valence-electron chi connectivity index (χ3n) is 2.32. The van der Waals surface area contributed by atoms with Crippen molar-refractivity contribution in [2.75, 3.05) is 6.61 Å². The molecule has 2 heterocycles. The molecule has 0 bridgehead atoms. The van der Waals surface area contributed by atoms with E-state index < -0.39 is 0 Å². The van der Waals surface area contributed by atoms with Crippen molar-refractivity contribution in [2.24, 2.45) is 7.05 Å². The molecule has 102 valence electrons. The van der Waals surface area contributed by atoms with Gasteiger partial charge in [-0.15, -0.1) is 0 Å². The summed E-state index contributed by atoms with van der Waals surface area (Å²) in [6, 6.07) is 3.40. The van der Waals surface area contributed by atoms with Crippen LogP contribution in [0.2, 0.25) is 0 Å². The van der Waals surface area contributed by atoms with Gasteiger partial charge in [0.05, 0.1) is 12.4 Å². The van der Waals surface area contributed by atoms with Crippen molar-refractivity contribution in [2.45, 2.75) is 17.8 Å². The molecule has 0 aliphatic heterocycles. The first-order valence-corrected chi connectivity index (χ1v) is 6.80. The second-order valence-electron chi connectivity index (χ2n) is 3.74. The Morgan fingerprint density at radius 2 is 2.42 bits per heavy atom.